The Labute approximate surface area is 198 Å². The second-order valence-electron chi connectivity index (χ2n) is 6.36. The summed E-state index contributed by atoms with van der Waals surface area (Å²) in [5.41, 5.74) is 3.08. The lowest BCUT2D eigenvalue weighted by atomic mass is 9.98. The first-order chi connectivity index (χ1) is 14.4. The maximum absolute atomic E-state index is 12.6. The van der Waals surface area contributed by atoms with Gasteiger partial charge in [-0.3, -0.25) is 4.79 Å². The maximum Gasteiger partial charge on any atom is 0.266 e. The molecule has 0 heterocycles. The molecule has 150 valence electrons. The minimum atomic E-state index is -0.553. The largest absolute Gasteiger partial charge is 0.321 e. The molecule has 0 atom stereocenters. The van der Waals surface area contributed by atoms with E-state index in [0.717, 1.165) is 15.6 Å². The number of nitriles is 1. The van der Waals surface area contributed by atoms with Crippen LogP contribution in [-0.2, 0) is 11.2 Å². The Bertz CT molecular complexity index is 1190. The van der Waals surface area contributed by atoms with Crippen molar-refractivity contribution in [1.82, 2.24) is 0 Å². The molecule has 1 N–H and O–H groups in total. The van der Waals surface area contributed by atoms with E-state index >= 15 is 0 Å². The van der Waals surface area contributed by atoms with Crippen molar-refractivity contribution >= 4 is 68.4 Å². The lowest BCUT2D eigenvalue weighted by Crippen LogP contribution is -2.13. The van der Waals surface area contributed by atoms with Gasteiger partial charge in [0.15, 0.2) is 0 Å². The second kappa shape index (κ2) is 10.1. The lowest BCUT2D eigenvalue weighted by molar-refractivity contribution is -0.112. The number of rotatable bonds is 5. The van der Waals surface area contributed by atoms with Crippen LogP contribution in [0.4, 0.5) is 5.69 Å². The van der Waals surface area contributed by atoms with E-state index in [0.29, 0.717) is 32.7 Å². The van der Waals surface area contributed by atoms with E-state index < -0.39 is 5.91 Å². The Hall–Kier alpha value is -2.29. The third-order valence-corrected chi connectivity index (χ3v) is 6.04. The summed E-state index contributed by atoms with van der Waals surface area (Å²) < 4.78 is 0.979. The summed E-state index contributed by atoms with van der Waals surface area (Å²) in [5, 5.41) is 13.4. The lowest BCUT2D eigenvalue weighted by Gasteiger charge is -2.10. The van der Waals surface area contributed by atoms with Crippen LogP contribution in [0.3, 0.4) is 0 Å². The minimum absolute atomic E-state index is 0.0586. The third kappa shape index (κ3) is 5.65. The van der Waals surface area contributed by atoms with Crippen LogP contribution in [0.2, 0.25) is 15.1 Å². The van der Waals surface area contributed by atoms with Crippen molar-refractivity contribution in [3.8, 4) is 6.07 Å². The van der Waals surface area contributed by atoms with Gasteiger partial charge < -0.3 is 5.32 Å². The van der Waals surface area contributed by atoms with Crippen LogP contribution in [0.15, 0.2) is 70.7 Å². The average molecular weight is 521 g/mol. The number of carbonyl (C=O) groups is 1. The Kier molecular flexibility index (Phi) is 7.58. The second-order valence-corrected chi connectivity index (χ2v) is 8.47. The quantitative estimate of drug-likeness (QED) is 0.279. The number of halogens is 4. The van der Waals surface area contributed by atoms with Crippen LogP contribution in [0.5, 0.6) is 0 Å². The van der Waals surface area contributed by atoms with E-state index in [1.807, 2.05) is 36.4 Å². The van der Waals surface area contributed by atoms with Crippen molar-refractivity contribution < 1.29 is 4.79 Å². The Morgan fingerprint density at radius 3 is 2.47 bits per heavy atom. The molecular weight excluding hydrogens is 507 g/mol. The van der Waals surface area contributed by atoms with Crippen molar-refractivity contribution in [2.75, 3.05) is 5.32 Å². The number of nitrogens with zero attached hydrogens (tertiary/aromatic N) is 1. The van der Waals surface area contributed by atoms with E-state index in [1.54, 1.807) is 24.3 Å². The van der Waals surface area contributed by atoms with E-state index in [1.165, 1.54) is 12.1 Å². The number of carbonyl (C=O) groups excluding carboxylic acids is 1. The molecule has 1 amide bonds. The Morgan fingerprint density at radius 2 is 1.77 bits per heavy atom. The highest BCUT2D eigenvalue weighted by atomic mass is 79.9. The molecule has 0 bridgehead atoms. The molecule has 0 saturated heterocycles. The zero-order chi connectivity index (χ0) is 21.7. The number of nitrogens with one attached hydrogen (secondary N) is 1. The summed E-state index contributed by atoms with van der Waals surface area (Å²) in [4.78, 5) is 12.6. The third-order valence-electron chi connectivity index (χ3n) is 4.29. The van der Waals surface area contributed by atoms with E-state index in [9.17, 15) is 10.1 Å². The first-order valence-corrected chi connectivity index (χ1v) is 10.7. The first-order valence-electron chi connectivity index (χ1n) is 8.77. The van der Waals surface area contributed by atoms with Gasteiger partial charge in [-0.15, -0.1) is 0 Å². The Balaban J connectivity index is 1.92. The normalized spacial score (nSPS) is 11.1. The molecule has 3 aromatic carbocycles. The molecule has 0 spiro atoms. The summed E-state index contributed by atoms with van der Waals surface area (Å²) in [6, 6.07) is 19.9. The molecule has 0 aliphatic carbocycles. The van der Waals surface area contributed by atoms with Crippen molar-refractivity contribution in [1.29, 1.82) is 5.26 Å². The number of amides is 1. The highest BCUT2D eigenvalue weighted by Gasteiger charge is 2.13. The number of anilines is 1. The standard InChI is InChI=1S/C23H14BrCl3N2O/c24-20-4-2-1-3-15(20)9-14-5-6-18(25)11-16(14)10-17(13-28)23(30)29-19-7-8-21(26)22(27)12-19/h1-8,10-12H,9H2,(H,29,30)/b17-10+. The fourth-order valence-electron chi connectivity index (χ4n) is 2.78. The van der Waals surface area contributed by atoms with Crippen molar-refractivity contribution in [3.63, 3.8) is 0 Å². The van der Waals surface area contributed by atoms with Crippen molar-refractivity contribution in [2.24, 2.45) is 0 Å². The van der Waals surface area contributed by atoms with Gasteiger partial charge in [-0.2, -0.15) is 5.26 Å². The van der Waals surface area contributed by atoms with Crippen LogP contribution in [0.25, 0.3) is 6.08 Å². The molecule has 0 aliphatic heterocycles. The fourth-order valence-corrected chi connectivity index (χ4v) is 3.69. The van der Waals surface area contributed by atoms with Gasteiger partial charge in [0.25, 0.3) is 5.91 Å². The molecule has 3 aromatic rings. The first kappa shape index (κ1) is 22.4. The zero-order valence-electron chi connectivity index (χ0n) is 15.4. The van der Waals surface area contributed by atoms with Crippen LogP contribution in [0.1, 0.15) is 16.7 Å². The van der Waals surface area contributed by atoms with Gasteiger partial charge >= 0.3 is 0 Å². The van der Waals surface area contributed by atoms with Crippen LogP contribution in [0, 0.1) is 11.3 Å². The highest BCUT2D eigenvalue weighted by Crippen LogP contribution is 2.27. The molecule has 30 heavy (non-hydrogen) atoms. The van der Waals surface area contributed by atoms with Gasteiger partial charge in [0.05, 0.1) is 10.0 Å². The smallest absolute Gasteiger partial charge is 0.266 e. The van der Waals surface area contributed by atoms with Gasteiger partial charge in [-0.1, -0.05) is 75.0 Å². The highest BCUT2D eigenvalue weighted by molar-refractivity contribution is 9.10. The molecule has 0 aliphatic rings. The van der Waals surface area contributed by atoms with Gasteiger partial charge in [-0.05, 0) is 65.6 Å². The predicted molar refractivity (Wildman–Crippen MR) is 127 cm³/mol. The number of hydrogen-bond acceptors (Lipinski definition) is 2. The van der Waals surface area contributed by atoms with E-state index in [4.69, 9.17) is 34.8 Å². The van der Waals surface area contributed by atoms with Crippen LogP contribution < -0.4 is 5.32 Å². The van der Waals surface area contributed by atoms with Gasteiger partial charge in [0.1, 0.15) is 11.6 Å². The molecule has 3 nitrogen and oxygen atoms in total. The van der Waals surface area contributed by atoms with Gasteiger partial charge in [0, 0.05) is 15.2 Å². The summed E-state index contributed by atoms with van der Waals surface area (Å²) in [6.45, 7) is 0. The van der Waals surface area contributed by atoms with Gasteiger partial charge in [0.2, 0.25) is 0 Å². The Morgan fingerprint density at radius 1 is 1.00 bits per heavy atom. The summed E-state index contributed by atoms with van der Waals surface area (Å²) in [5.74, 6) is -0.553. The fraction of sp³-hybridized carbons (Fsp3) is 0.0435. The topological polar surface area (TPSA) is 52.9 Å². The molecule has 0 aromatic heterocycles. The average Bonchev–Trinajstić information content (AvgIpc) is 2.72. The van der Waals surface area contributed by atoms with Crippen molar-refractivity contribution in [3.05, 3.63) is 102 Å². The number of hydrogen-bond donors (Lipinski definition) is 1. The zero-order valence-corrected chi connectivity index (χ0v) is 19.3. The maximum atomic E-state index is 12.6. The monoisotopic (exact) mass is 518 g/mol. The van der Waals surface area contributed by atoms with E-state index in [2.05, 4.69) is 21.2 Å². The molecule has 3 rings (SSSR count). The molecule has 0 fully saturated rings. The van der Waals surface area contributed by atoms with Crippen LogP contribution >= 0.6 is 50.7 Å². The van der Waals surface area contributed by atoms with E-state index in [-0.39, 0.29) is 5.57 Å². The molecule has 0 unspecified atom stereocenters. The summed E-state index contributed by atoms with van der Waals surface area (Å²) >= 11 is 21.6. The minimum Gasteiger partial charge on any atom is -0.321 e. The van der Waals surface area contributed by atoms with Crippen molar-refractivity contribution in [2.45, 2.75) is 6.42 Å². The molecular formula is C23H14BrCl3N2O. The molecule has 0 saturated carbocycles. The van der Waals surface area contributed by atoms with Crippen LogP contribution in [-0.4, -0.2) is 5.91 Å². The SMILES string of the molecule is N#C/C(=C\c1cc(Cl)ccc1Cc1ccccc1Br)C(=O)Nc1ccc(Cl)c(Cl)c1. The van der Waals surface area contributed by atoms with Gasteiger partial charge in [-0.25, -0.2) is 0 Å². The molecule has 7 heteroatoms. The molecule has 0 radical (unpaired) electrons. The summed E-state index contributed by atoms with van der Waals surface area (Å²) in [7, 11) is 0. The summed E-state index contributed by atoms with van der Waals surface area (Å²) in [6.07, 6.45) is 2.14. The predicted octanol–water partition coefficient (Wildman–Crippen LogP) is 7.55. The number of benzene rings is 3.